The minimum atomic E-state index is -0.194. The molecule has 0 saturated heterocycles. The number of hydrogen-bond acceptors (Lipinski definition) is 4. The average Bonchev–Trinajstić information content (AvgIpc) is 2.47. The van der Waals surface area contributed by atoms with Crippen molar-refractivity contribution < 1.29 is 4.79 Å². The van der Waals surface area contributed by atoms with Gasteiger partial charge in [-0.05, 0) is 37.8 Å². The summed E-state index contributed by atoms with van der Waals surface area (Å²) in [6.07, 6.45) is 3.35. The Morgan fingerprint density at radius 1 is 1.43 bits per heavy atom. The second-order valence-electron chi connectivity index (χ2n) is 4.45. The molecule has 0 N–H and O–H groups in total. The van der Waals surface area contributed by atoms with Crippen molar-refractivity contribution in [1.82, 2.24) is 9.97 Å². The van der Waals surface area contributed by atoms with Crippen LogP contribution in [0.25, 0.3) is 0 Å². The smallest absolute Gasteiger partial charge is 0.262 e. The van der Waals surface area contributed by atoms with Crippen molar-refractivity contribution in [2.45, 2.75) is 19.0 Å². The molecule has 0 radical (unpaired) electrons. The van der Waals surface area contributed by atoms with Crippen LogP contribution in [0.4, 0.5) is 5.69 Å². The van der Waals surface area contributed by atoms with E-state index in [4.69, 9.17) is 11.6 Å². The number of hydrogen-bond donors (Lipinski definition) is 0. The van der Waals surface area contributed by atoms with Crippen LogP contribution in [0.3, 0.4) is 0 Å². The van der Waals surface area contributed by atoms with E-state index < -0.39 is 0 Å². The predicted molar refractivity (Wildman–Crippen MR) is 87.4 cm³/mol. The Kier molecular flexibility index (Phi) is 5.20. The Balaban J connectivity index is 2.37. The number of benzene rings is 1. The second kappa shape index (κ2) is 6.91. The summed E-state index contributed by atoms with van der Waals surface area (Å²) in [5.74, 6) is -0.194. The zero-order valence-corrected chi connectivity index (χ0v) is 13.7. The third-order valence-corrected chi connectivity index (χ3v) is 3.86. The van der Waals surface area contributed by atoms with Gasteiger partial charge in [-0.25, -0.2) is 9.97 Å². The van der Waals surface area contributed by atoms with Crippen LogP contribution in [-0.4, -0.2) is 28.7 Å². The number of amides is 1. The van der Waals surface area contributed by atoms with Gasteiger partial charge in [0.25, 0.3) is 5.91 Å². The van der Waals surface area contributed by atoms with Gasteiger partial charge in [0.1, 0.15) is 5.15 Å². The van der Waals surface area contributed by atoms with Gasteiger partial charge in [0, 0.05) is 18.4 Å². The standard InChI is InChI=1S/C15H16ClN3OS/c1-4-19(11-7-5-6-10(2)8-11)14(20)12-9-17-15(21-3)18-13(12)16/h5-9H,4H2,1-3H3. The molecule has 1 heterocycles. The summed E-state index contributed by atoms with van der Waals surface area (Å²) in [5, 5.41) is 0.737. The number of carbonyl (C=O) groups excluding carboxylic acids is 1. The van der Waals surface area contributed by atoms with Crippen molar-refractivity contribution >= 4 is 35.0 Å². The Hall–Kier alpha value is -1.59. The minimum absolute atomic E-state index is 0.186. The molecule has 0 aliphatic rings. The van der Waals surface area contributed by atoms with E-state index in [1.807, 2.05) is 44.4 Å². The first-order valence-electron chi connectivity index (χ1n) is 6.52. The maximum absolute atomic E-state index is 12.7. The van der Waals surface area contributed by atoms with Gasteiger partial charge in [-0.2, -0.15) is 0 Å². The van der Waals surface area contributed by atoms with Crippen LogP contribution >= 0.6 is 23.4 Å². The molecular weight excluding hydrogens is 306 g/mol. The summed E-state index contributed by atoms with van der Waals surface area (Å²) in [6.45, 7) is 4.46. The van der Waals surface area contributed by atoms with E-state index in [-0.39, 0.29) is 11.1 Å². The molecule has 1 amide bonds. The number of aryl methyl sites for hydroxylation is 1. The number of thioether (sulfide) groups is 1. The van der Waals surface area contributed by atoms with Gasteiger partial charge < -0.3 is 4.90 Å². The largest absolute Gasteiger partial charge is 0.308 e. The predicted octanol–water partition coefficient (Wildman–Crippen LogP) is 3.83. The van der Waals surface area contributed by atoms with E-state index in [1.165, 1.54) is 18.0 Å². The topological polar surface area (TPSA) is 46.1 Å². The summed E-state index contributed by atoms with van der Waals surface area (Å²) in [4.78, 5) is 22.6. The molecule has 2 aromatic rings. The number of rotatable bonds is 4. The Labute approximate surface area is 133 Å². The van der Waals surface area contributed by atoms with Crippen LogP contribution in [-0.2, 0) is 0 Å². The molecule has 1 aromatic heterocycles. The lowest BCUT2D eigenvalue weighted by Gasteiger charge is -2.21. The first-order chi connectivity index (χ1) is 10.1. The van der Waals surface area contributed by atoms with Gasteiger partial charge in [-0.15, -0.1) is 0 Å². The molecule has 110 valence electrons. The Morgan fingerprint density at radius 3 is 2.76 bits per heavy atom. The molecule has 21 heavy (non-hydrogen) atoms. The highest BCUT2D eigenvalue weighted by Gasteiger charge is 2.20. The molecule has 0 bridgehead atoms. The fraction of sp³-hybridized carbons (Fsp3) is 0.267. The Bertz CT molecular complexity index is 663. The van der Waals surface area contributed by atoms with Crippen molar-refractivity contribution in [1.29, 1.82) is 0 Å². The molecule has 0 unspecified atom stereocenters. The normalized spacial score (nSPS) is 10.5. The molecule has 6 heteroatoms. The van der Waals surface area contributed by atoms with Gasteiger partial charge in [0.15, 0.2) is 5.16 Å². The summed E-state index contributed by atoms with van der Waals surface area (Å²) in [7, 11) is 0. The maximum Gasteiger partial charge on any atom is 0.262 e. The maximum atomic E-state index is 12.7. The van der Waals surface area contributed by atoms with Crippen molar-refractivity contribution in [3.63, 3.8) is 0 Å². The molecule has 0 fully saturated rings. The summed E-state index contributed by atoms with van der Waals surface area (Å²) < 4.78 is 0. The van der Waals surface area contributed by atoms with E-state index >= 15 is 0 Å². The fourth-order valence-corrected chi connectivity index (χ4v) is 2.57. The number of nitrogens with zero attached hydrogens (tertiary/aromatic N) is 3. The Morgan fingerprint density at radius 2 is 2.19 bits per heavy atom. The second-order valence-corrected chi connectivity index (χ2v) is 5.58. The molecule has 2 rings (SSSR count). The molecule has 0 saturated carbocycles. The number of aromatic nitrogens is 2. The molecule has 0 spiro atoms. The SMILES string of the molecule is CCN(C(=O)c1cnc(SC)nc1Cl)c1cccc(C)c1. The van der Waals surface area contributed by atoms with Crippen LogP contribution in [0, 0.1) is 6.92 Å². The third kappa shape index (κ3) is 3.54. The van der Waals surface area contributed by atoms with Gasteiger partial charge in [-0.1, -0.05) is 35.5 Å². The molecule has 1 aromatic carbocycles. The van der Waals surface area contributed by atoms with Crippen LogP contribution in [0.1, 0.15) is 22.8 Å². The van der Waals surface area contributed by atoms with Crippen molar-refractivity contribution in [2.75, 3.05) is 17.7 Å². The lowest BCUT2D eigenvalue weighted by molar-refractivity contribution is 0.0987. The number of anilines is 1. The highest BCUT2D eigenvalue weighted by atomic mass is 35.5. The highest BCUT2D eigenvalue weighted by Crippen LogP contribution is 2.22. The average molecular weight is 322 g/mol. The van der Waals surface area contributed by atoms with Crippen molar-refractivity contribution in [2.24, 2.45) is 0 Å². The van der Waals surface area contributed by atoms with Crippen molar-refractivity contribution in [3.8, 4) is 0 Å². The summed E-state index contributed by atoms with van der Waals surface area (Å²) >= 11 is 7.50. The van der Waals surface area contributed by atoms with E-state index in [0.717, 1.165) is 11.3 Å². The minimum Gasteiger partial charge on any atom is -0.308 e. The van der Waals surface area contributed by atoms with Gasteiger partial charge in [0.2, 0.25) is 0 Å². The number of halogens is 1. The van der Waals surface area contributed by atoms with Crippen LogP contribution in [0.15, 0.2) is 35.6 Å². The first kappa shape index (κ1) is 15.8. The van der Waals surface area contributed by atoms with E-state index in [9.17, 15) is 4.79 Å². The van der Waals surface area contributed by atoms with Crippen LogP contribution in [0.5, 0.6) is 0 Å². The van der Waals surface area contributed by atoms with E-state index in [0.29, 0.717) is 17.3 Å². The lowest BCUT2D eigenvalue weighted by Crippen LogP contribution is -2.31. The summed E-state index contributed by atoms with van der Waals surface area (Å²) in [6, 6.07) is 7.78. The molecular formula is C15H16ClN3OS. The monoisotopic (exact) mass is 321 g/mol. The van der Waals surface area contributed by atoms with Gasteiger partial charge in [0.05, 0.1) is 5.56 Å². The van der Waals surface area contributed by atoms with Crippen molar-refractivity contribution in [3.05, 3.63) is 46.7 Å². The van der Waals surface area contributed by atoms with Crippen LogP contribution in [0.2, 0.25) is 5.15 Å². The lowest BCUT2D eigenvalue weighted by atomic mass is 10.2. The van der Waals surface area contributed by atoms with Gasteiger partial charge in [-0.3, -0.25) is 4.79 Å². The quantitative estimate of drug-likeness (QED) is 0.488. The van der Waals surface area contributed by atoms with Crippen LogP contribution < -0.4 is 4.90 Å². The van der Waals surface area contributed by atoms with E-state index in [1.54, 1.807) is 4.90 Å². The molecule has 0 aliphatic heterocycles. The third-order valence-electron chi connectivity index (χ3n) is 3.01. The zero-order valence-electron chi connectivity index (χ0n) is 12.1. The number of carbonyl (C=O) groups is 1. The molecule has 4 nitrogen and oxygen atoms in total. The summed E-state index contributed by atoms with van der Waals surface area (Å²) in [5.41, 5.74) is 2.25. The fourth-order valence-electron chi connectivity index (χ4n) is 1.97. The van der Waals surface area contributed by atoms with E-state index in [2.05, 4.69) is 9.97 Å². The highest BCUT2D eigenvalue weighted by molar-refractivity contribution is 7.98. The molecule has 0 aliphatic carbocycles. The van der Waals surface area contributed by atoms with Gasteiger partial charge >= 0.3 is 0 Å². The first-order valence-corrected chi connectivity index (χ1v) is 8.12. The zero-order chi connectivity index (χ0) is 15.4. The molecule has 0 atom stereocenters.